The Kier molecular flexibility index (Phi) is 7.02. The van der Waals surface area contributed by atoms with Crippen LogP contribution in [0, 0.1) is 5.92 Å². The van der Waals surface area contributed by atoms with Gasteiger partial charge >= 0.3 is 5.97 Å². The number of aliphatic carboxylic acids is 1. The van der Waals surface area contributed by atoms with E-state index in [1.165, 1.54) is 6.92 Å². The molecule has 8 nitrogen and oxygen atoms in total. The third-order valence-corrected chi connectivity index (χ3v) is 2.50. The Balaban J connectivity index is 4.81. The molecule has 2 amide bonds. The molecule has 8 heteroatoms. The molecular formula is C11H21N3O5. The van der Waals surface area contributed by atoms with Gasteiger partial charge in [-0.15, -0.1) is 0 Å². The van der Waals surface area contributed by atoms with E-state index in [1.807, 2.05) is 0 Å². The van der Waals surface area contributed by atoms with Gasteiger partial charge in [-0.1, -0.05) is 13.8 Å². The Hall–Kier alpha value is -1.67. The Bertz CT molecular complexity index is 343. The Morgan fingerprint density at radius 3 is 1.95 bits per heavy atom. The minimum absolute atomic E-state index is 0.251. The highest BCUT2D eigenvalue weighted by atomic mass is 16.4. The molecule has 0 heterocycles. The average molecular weight is 275 g/mol. The molecule has 19 heavy (non-hydrogen) atoms. The lowest BCUT2D eigenvalue weighted by Gasteiger charge is -2.24. The fraction of sp³-hybridized carbons (Fsp3) is 0.727. The average Bonchev–Trinajstić information content (AvgIpc) is 2.30. The zero-order valence-electron chi connectivity index (χ0n) is 11.2. The lowest BCUT2D eigenvalue weighted by molar-refractivity contribution is -0.145. The highest BCUT2D eigenvalue weighted by molar-refractivity contribution is 5.91. The number of carbonyl (C=O) groups excluding carboxylic acids is 2. The van der Waals surface area contributed by atoms with E-state index >= 15 is 0 Å². The van der Waals surface area contributed by atoms with Crippen LogP contribution in [-0.2, 0) is 14.4 Å². The van der Waals surface area contributed by atoms with E-state index in [1.54, 1.807) is 13.8 Å². The van der Waals surface area contributed by atoms with Crippen molar-refractivity contribution in [1.29, 1.82) is 0 Å². The van der Waals surface area contributed by atoms with Gasteiger partial charge in [0.05, 0.1) is 12.6 Å². The van der Waals surface area contributed by atoms with Gasteiger partial charge in [-0.2, -0.15) is 0 Å². The molecule has 0 rings (SSSR count). The van der Waals surface area contributed by atoms with Crippen LogP contribution in [0.25, 0.3) is 0 Å². The first-order valence-corrected chi connectivity index (χ1v) is 5.91. The lowest BCUT2D eigenvalue weighted by atomic mass is 10.0. The quantitative estimate of drug-likeness (QED) is 0.365. The molecule has 0 aromatic rings. The number of carboxylic acid groups (broad SMARTS) is 1. The van der Waals surface area contributed by atoms with Crippen molar-refractivity contribution in [3.63, 3.8) is 0 Å². The molecule has 0 aromatic carbocycles. The minimum Gasteiger partial charge on any atom is -0.480 e. The van der Waals surface area contributed by atoms with E-state index in [-0.39, 0.29) is 12.5 Å². The van der Waals surface area contributed by atoms with Crippen molar-refractivity contribution < 1.29 is 24.6 Å². The number of nitrogens with two attached hydrogens (primary N) is 1. The van der Waals surface area contributed by atoms with Gasteiger partial charge in [0.2, 0.25) is 11.8 Å². The number of hydrogen-bond acceptors (Lipinski definition) is 5. The summed E-state index contributed by atoms with van der Waals surface area (Å²) in [4.78, 5) is 34.0. The molecule has 0 saturated heterocycles. The standard InChI is InChI=1S/C11H21N3O5/c1-5(2)8(13-7(16)4-12)10(17)14-9(6(3)15)11(18)19/h5-6,8-9,15H,4,12H2,1-3H3,(H,13,16)(H,14,17)(H,18,19)/t6-,8+,9+/m1/s1. The maximum Gasteiger partial charge on any atom is 0.328 e. The number of hydrogen-bond donors (Lipinski definition) is 5. The van der Waals surface area contributed by atoms with Crippen LogP contribution < -0.4 is 16.4 Å². The summed E-state index contributed by atoms with van der Waals surface area (Å²) in [7, 11) is 0. The third kappa shape index (κ3) is 5.66. The van der Waals surface area contributed by atoms with Crippen LogP contribution in [0.15, 0.2) is 0 Å². The normalized spacial score (nSPS) is 15.5. The second-order valence-corrected chi connectivity index (χ2v) is 4.56. The van der Waals surface area contributed by atoms with Gasteiger partial charge in [-0.25, -0.2) is 4.79 Å². The van der Waals surface area contributed by atoms with E-state index < -0.39 is 36.0 Å². The fourth-order valence-corrected chi connectivity index (χ4v) is 1.40. The maximum absolute atomic E-state index is 11.9. The van der Waals surface area contributed by atoms with Crippen molar-refractivity contribution in [2.24, 2.45) is 11.7 Å². The summed E-state index contributed by atoms with van der Waals surface area (Å²) < 4.78 is 0. The summed E-state index contributed by atoms with van der Waals surface area (Å²) in [5.74, 6) is -2.79. The highest BCUT2D eigenvalue weighted by Crippen LogP contribution is 2.03. The number of aliphatic hydroxyl groups is 1. The second kappa shape index (κ2) is 7.70. The van der Waals surface area contributed by atoms with Crippen LogP contribution in [0.3, 0.4) is 0 Å². The van der Waals surface area contributed by atoms with E-state index in [0.717, 1.165) is 0 Å². The first-order valence-electron chi connectivity index (χ1n) is 5.91. The summed E-state index contributed by atoms with van der Waals surface area (Å²) in [5, 5.41) is 22.7. The molecule has 0 aliphatic heterocycles. The van der Waals surface area contributed by atoms with Crippen LogP contribution in [0.1, 0.15) is 20.8 Å². The van der Waals surface area contributed by atoms with Crippen LogP contribution in [0.2, 0.25) is 0 Å². The summed E-state index contributed by atoms with van der Waals surface area (Å²) in [6.45, 7) is 4.37. The Morgan fingerprint density at radius 1 is 1.11 bits per heavy atom. The van der Waals surface area contributed by atoms with Crippen LogP contribution in [0.4, 0.5) is 0 Å². The van der Waals surface area contributed by atoms with Gasteiger partial charge in [0.25, 0.3) is 0 Å². The topological polar surface area (TPSA) is 142 Å². The number of nitrogens with one attached hydrogen (secondary N) is 2. The first-order chi connectivity index (χ1) is 8.70. The monoisotopic (exact) mass is 275 g/mol. The molecule has 0 aromatic heterocycles. The molecular weight excluding hydrogens is 254 g/mol. The summed E-state index contributed by atoms with van der Waals surface area (Å²) in [5.41, 5.74) is 5.14. The third-order valence-electron chi connectivity index (χ3n) is 2.50. The summed E-state index contributed by atoms with van der Waals surface area (Å²) in [6.07, 6.45) is -1.25. The van der Waals surface area contributed by atoms with Gasteiger partial charge in [-0.05, 0) is 12.8 Å². The number of aliphatic hydroxyl groups excluding tert-OH is 1. The molecule has 0 radical (unpaired) electrons. The van der Waals surface area contributed by atoms with Crippen molar-refractivity contribution in [2.75, 3.05) is 6.54 Å². The molecule has 0 bridgehead atoms. The first kappa shape index (κ1) is 17.3. The number of carbonyl (C=O) groups is 3. The lowest BCUT2D eigenvalue weighted by Crippen LogP contribution is -2.56. The molecule has 0 fully saturated rings. The second-order valence-electron chi connectivity index (χ2n) is 4.56. The van der Waals surface area contributed by atoms with Gasteiger partial charge in [0.1, 0.15) is 6.04 Å². The predicted molar refractivity (Wildman–Crippen MR) is 67.1 cm³/mol. The van der Waals surface area contributed by atoms with Crippen molar-refractivity contribution >= 4 is 17.8 Å². The van der Waals surface area contributed by atoms with Crippen molar-refractivity contribution in [2.45, 2.75) is 39.0 Å². The molecule has 3 atom stereocenters. The van der Waals surface area contributed by atoms with Gasteiger partial charge in [0.15, 0.2) is 6.04 Å². The zero-order chi connectivity index (χ0) is 15.2. The molecule has 110 valence electrons. The van der Waals surface area contributed by atoms with Crippen LogP contribution in [0.5, 0.6) is 0 Å². The van der Waals surface area contributed by atoms with Crippen molar-refractivity contribution in [3.8, 4) is 0 Å². The zero-order valence-corrected chi connectivity index (χ0v) is 11.2. The number of rotatable bonds is 7. The van der Waals surface area contributed by atoms with E-state index in [4.69, 9.17) is 10.8 Å². The van der Waals surface area contributed by atoms with Crippen LogP contribution >= 0.6 is 0 Å². The maximum atomic E-state index is 11.9. The molecule has 0 aliphatic rings. The largest absolute Gasteiger partial charge is 0.480 e. The highest BCUT2D eigenvalue weighted by Gasteiger charge is 2.30. The van der Waals surface area contributed by atoms with E-state index in [0.29, 0.717) is 0 Å². The molecule has 0 unspecified atom stereocenters. The SMILES string of the molecule is CC(C)[C@H](NC(=O)CN)C(=O)N[C@H](C(=O)O)[C@@H](C)O. The van der Waals surface area contributed by atoms with Crippen molar-refractivity contribution in [1.82, 2.24) is 10.6 Å². The number of carboxylic acids is 1. The van der Waals surface area contributed by atoms with Gasteiger partial charge in [0, 0.05) is 0 Å². The molecule has 0 aliphatic carbocycles. The Labute approximate surface area is 111 Å². The predicted octanol–water partition coefficient (Wildman–Crippen LogP) is -1.96. The van der Waals surface area contributed by atoms with Gasteiger partial charge in [-0.3, -0.25) is 9.59 Å². The van der Waals surface area contributed by atoms with Crippen molar-refractivity contribution in [3.05, 3.63) is 0 Å². The minimum atomic E-state index is -1.43. The Morgan fingerprint density at radius 2 is 1.63 bits per heavy atom. The van der Waals surface area contributed by atoms with E-state index in [9.17, 15) is 19.5 Å². The summed E-state index contributed by atoms with van der Waals surface area (Å²) >= 11 is 0. The van der Waals surface area contributed by atoms with Crippen LogP contribution in [-0.4, -0.2) is 52.7 Å². The molecule has 6 N–H and O–H groups in total. The summed E-state index contributed by atoms with van der Waals surface area (Å²) in [6, 6.07) is -2.33. The fourth-order valence-electron chi connectivity index (χ4n) is 1.40. The molecule has 0 spiro atoms. The van der Waals surface area contributed by atoms with Gasteiger partial charge < -0.3 is 26.6 Å². The number of amides is 2. The molecule has 0 saturated carbocycles. The smallest absolute Gasteiger partial charge is 0.328 e. The van der Waals surface area contributed by atoms with E-state index in [2.05, 4.69) is 10.6 Å².